The van der Waals surface area contributed by atoms with E-state index in [1.807, 2.05) is 6.07 Å². The topological polar surface area (TPSA) is 82.1 Å². The zero-order valence-corrected chi connectivity index (χ0v) is 20.2. The third-order valence-corrected chi connectivity index (χ3v) is 6.21. The van der Waals surface area contributed by atoms with Crippen molar-refractivity contribution in [2.75, 3.05) is 20.3 Å². The van der Waals surface area contributed by atoms with Crippen LogP contribution in [0.3, 0.4) is 0 Å². The second-order valence-corrected chi connectivity index (χ2v) is 8.67. The van der Waals surface area contributed by atoms with Gasteiger partial charge in [-0.05, 0) is 59.8 Å². The molecule has 3 aromatic rings. The number of amides is 2. The highest BCUT2D eigenvalue weighted by molar-refractivity contribution is 8.18. The largest absolute Gasteiger partial charge is 0.493 e. The Morgan fingerprint density at radius 1 is 1.00 bits per heavy atom. The Kier molecular flexibility index (Phi) is 7.74. The lowest BCUT2D eigenvalue weighted by molar-refractivity contribution is -0.123. The predicted molar refractivity (Wildman–Crippen MR) is 134 cm³/mol. The van der Waals surface area contributed by atoms with Gasteiger partial charge in [-0.1, -0.05) is 48.0 Å². The summed E-state index contributed by atoms with van der Waals surface area (Å²) in [5.41, 5.74) is 0.848. The molecule has 0 radical (unpaired) electrons. The summed E-state index contributed by atoms with van der Waals surface area (Å²) in [6.45, 7) is 0.217. The van der Waals surface area contributed by atoms with Crippen molar-refractivity contribution in [3.8, 4) is 17.2 Å². The maximum Gasteiger partial charge on any atom is 0.345 e. The van der Waals surface area contributed by atoms with Crippen LogP contribution in [0, 0.1) is 0 Å². The van der Waals surface area contributed by atoms with Crippen LogP contribution in [-0.2, 0) is 4.79 Å². The third-order valence-electron chi connectivity index (χ3n) is 4.98. The number of carbonyl (C=O) groups is 3. The van der Waals surface area contributed by atoms with E-state index in [0.717, 1.165) is 16.7 Å². The van der Waals surface area contributed by atoms with Crippen LogP contribution in [0.1, 0.15) is 15.9 Å². The van der Waals surface area contributed by atoms with E-state index in [0.29, 0.717) is 17.1 Å². The van der Waals surface area contributed by atoms with Crippen LogP contribution < -0.4 is 14.2 Å². The molecule has 7 nitrogen and oxygen atoms in total. The van der Waals surface area contributed by atoms with Crippen molar-refractivity contribution < 1.29 is 28.6 Å². The van der Waals surface area contributed by atoms with Gasteiger partial charge in [0.1, 0.15) is 12.4 Å². The molecule has 0 N–H and O–H groups in total. The quantitative estimate of drug-likeness (QED) is 0.219. The molecule has 0 aromatic heterocycles. The average molecular weight is 510 g/mol. The van der Waals surface area contributed by atoms with Crippen molar-refractivity contribution in [2.45, 2.75) is 0 Å². The highest BCUT2D eigenvalue weighted by atomic mass is 35.5. The molecule has 9 heteroatoms. The first-order valence-corrected chi connectivity index (χ1v) is 11.7. The number of methoxy groups -OCH3 is 1. The minimum absolute atomic E-state index is 0.0928. The summed E-state index contributed by atoms with van der Waals surface area (Å²) >= 11 is 6.90. The summed E-state index contributed by atoms with van der Waals surface area (Å²) in [5.74, 6) is 0.371. The number of rotatable bonds is 8. The van der Waals surface area contributed by atoms with Gasteiger partial charge in [0, 0.05) is 0 Å². The number of esters is 1. The molecule has 1 heterocycles. The summed E-state index contributed by atoms with van der Waals surface area (Å²) in [5, 5.41) is -0.0943. The Hall–Kier alpha value is -3.75. The first-order chi connectivity index (χ1) is 17.0. The zero-order chi connectivity index (χ0) is 24.8. The van der Waals surface area contributed by atoms with Gasteiger partial charge in [0.05, 0.1) is 29.1 Å². The number of imide groups is 1. The van der Waals surface area contributed by atoms with Gasteiger partial charge in [-0.25, -0.2) is 4.79 Å². The molecule has 35 heavy (non-hydrogen) atoms. The first kappa shape index (κ1) is 24.4. The first-order valence-electron chi connectivity index (χ1n) is 10.5. The fourth-order valence-electron chi connectivity index (χ4n) is 3.29. The van der Waals surface area contributed by atoms with Gasteiger partial charge in [-0.2, -0.15) is 0 Å². The zero-order valence-electron chi connectivity index (χ0n) is 18.6. The molecular weight excluding hydrogens is 490 g/mol. The van der Waals surface area contributed by atoms with Crippen LogP contribution in [0.4, 0.5) is 4.79 Å². The van der Waals surface area contributed by atoms with E-state index in [2.05, 4.69) is 0 Å². The number of benzene rings is 3. The van der Waals surface area contributed by atoms with E-state index in [1.54, 1.807) is 72.8 Å². The van der Waals surface area contributed by atoms with Crippen LogP contribution in [0.25, 0.3) is 6.08 Å². The molecular formula is C26H20ClNO6S. The number of nitrogens with zero attached hydrogens (tertiary/aromatic N) is 1. The van der Waals surface area contributed by atoms with Crippen LogP contribution in [0.5, 0.6) is 17.2 Å². The van der Waals surface area contributed by atoms with E-state index < -0.39 is 11.9 Å². The minimum atomic E-state index is -0.594. The molecule has 1 fully saturated rings. The van der Waals surface area contributed by atoms with Gasteiger partial charge in [-0.15, -0.1) is 0 Å². The van der Waals surface area contributed by atoms with Crippen molar-refractivity contribution >= 4 is 46.6 Å². The summed E-state index contributed by atoms with van der Waals surface area (Å²) in [7, 11) is 1.54. The predicted octanol–water partition coefficient (Wildman–Crippen LogP) is 5.68. The lowest BCUT2D eigenvalue weighted by Crippen LogP contribution is -2.32. The van der Waals surface area contributed by atoms with Crippen LogP contribution in [0.15, 0.2) is 77.7 Å². The lowest BCUT2D eigenvalue weighted by atomic mass is 10.2. The monoisotopic (exact) mass is 509 g/mol. The molecule has 3 aromatic carbocycles. The van der Waals surface area contributed by atoms with Crippen LogP contribution >= 0.6 is 23.4 Å². The Morgan fingerprint density at radius 3 is 2.51 bits per heavy atom. The number of hydrogen-bond acceptors (Lipinski definition) is 7. The van der Waals surface area contributed by atoms with Crippen molar-refractivity contribution in [2.24, 2.45) is 0 Å². The highest BCUT2D eigenvalue weighted by Gasteiger charge is 2.34. The Bertz CT molecular complexity index is 1310. The van der Waals surface area contributed by atoms with E-state index in [4.69, 9.17) is 25.8 Å². The summed E-state index contributed by atoms with van der Waals surface area (Å²) in [6.07, 6.45) is 1.58. The SMILES string of the molecule is COc1ccccc1OCCN1C(=O)S/C(=C\c2cccc(OC(=O)c3ccccc3Cl)c2)C1=O. The van der Waals surface area contributed by atoms with E-state index in [9.17, 15) is 14.4 Å². The van der Waals surface area contributed by atoms with Crippen molar-refractivity contribution in [1.82, 2.24) is 4.90 Å². The normalized spacial score (nSPS) is 14.3. The molecule has 0 atom stereocenters. The molecule has 0 aliphatic carbocycles. The Balaban J connectivity index is 1.41. The number of halogens is 1. The number of para-hydroxylation sites is 2. The standard InChI is InChI=1S/C26H20ClNO6S/c1-32-21-11-4-5-12-22(21)33-14-13-28-24(29)23(35-26(28)31)16-17-7-6-8-18(15-17)34-25(30)19-9-2-3-10-20(19)27/h2-12,15-16H,13-14H2,1H3/b23-16-. The number of thioether (sulfide) groups is 1. The molecule has 2 amide bonds. The Morgan fingerprint density at radius 2 is 1.74 bits per heavy atom. The second kappa shape index (κ2) is 11.1. The van der Waals surface area contributed by atoms with Gasteiger partial charge >= 0.3 is 5.97 Å². The number of hydrogen-bond donors (Lipinski definition) is 0. The minimum Gasteiger partial charge on any atom is -0.493 e. The average Bonchev–Trinajstić information content (AvgIpc) is 3.12. The second-order valence-electron chi connectivity index (χ2n) is 7.27. The van der Waals surface area contributed by atoms with Crippen LogP contribution in [-0.4, -0.2) is 42.3 Å². The molecule has 4 rings (SSSR count). The van der Waals surface area contributed by atoms with Gasteiger partial charge in [-0.3, -0.25) is 14.5 Å². The van der Waals surface area contributed by atoms with E-state index >= 15 is 0 Å². The molecule has 1 aliphatic rings. The summed E-state index contributed by atoms with van der Waals surface area (Å²) in [6, 6.07) is 20.4. The molecule has 0 saturated carbocycles. The van der Waals surface area contributed by atoms with Gasteiger partial charge in [0.25, 0.3) is 11.1 Å². The fourth-order valence-corrected chi connectivity index (χ4v) is 4.36. The van der Waals surface area contributed by atoms with Crippen molar-refractivity contribution in [3.05, 3.63) is 93.9 Å². The third kappa shape index (κ3) is 5.85. The smallest absolute Gasteiger partial charge is 0.345 e. The van der Waals surface area contributed by atoms with Crippen molar-refractivity contribution in [3.63, 3.8) is 0 Å². The Labute approximate surface area is 211 Å². The van der Waals surface area contributed by atoms with E-state index in [1.165, 1.54) is 7.11 Å². The van der Waals surface area contributed by atoms with Crippen molar-refractivity contribution in [1.29, 1.82) is 0 Å². The lowest BCUT2D eigenvalue weighted by Gasteiger charge is -2.14. The van der Waals surface area contributed by atoms with Gasteiger partial charge in [0.15, 0.2) is 11.5 Å². The van der Waals surface area contributed by atoms with Gasteiger partial charge < -0.3 is 14.2 Å². The molecule has 0 bridgehead atoms. The summed E-state index contributed by atoms with van der Waals surface area (Å²) < 4.78 is 16.3. The fraction of sp³-hybridized carbons (Fsp3) is 0.115. The maximum absolute atomic E-state index is 12.8. The van der Waals surface area contributed by atoms with Crippen LogP contribution in [0.2, 0.25) is 5.02 Å². The molecule has 0 spiro atoms. The number of ether oxygens (including phenoxy) is 3. The highest BCUT2D eigenvalue weighted by Crippen LogP contribution is 2.33. The molecule has 1 saturated heterocycles. The number of carbonyl (C=O) groups excluding carboxylic acids is 3. The summed E-state index contributed by atoms with van der Waals surface area (Å²) in [4.78, 5) is 39.0. The van der Waals surface area contributed by atoms with E-state index in [-0.39, 0.29) is 39.6 Å². The molecule has 1 aliphatic heterocycles. The molecule has 0 unspecified atom stereocenters. The maximum atomic E-state index is 12.8. The van der Waals surface area contributed by atoms with Gasteiger partial charge in [0.2, 0.25) is 0 Å². The molecule has 178 valence electrons.